The van der Waals surface area contributed by atoms with Crippen LogP contribution in [0.4, 0.5) is 5.69 Å². The van der Waals surface area contributed by atoms with Crippen LogP contribution in [0.3, 0.4) is 0 Å². The molecule has 0 spiro atoms. The lowest BCUT2D eigenvalue weighted by atomic mass is 9.88. The number of nitrogen functional groups attached to an aromatic ring is 1. The molecule has 0 fully saturated rings. The lowest BCUT2D eigenvalue weighted by Crippen LogP contribution is -2.12. The third-order valence-corrected chi connectivity index (χ3v) is 3.01. The van der Waals surface area contributed by atoms with Crippen LogP contribution in [0.2, 0.25) is 0 Å². The minimum atomic E-state index is -0.0517. The maximum absolute atomic E-state index is 11.6. The third kappa shape index (κ3) is 4.19. The minimum Gasteiger partial charge on any atom is -0.398 e. The van der Waals surface area contributed by atoms with Gasteiger partial charge in [-0.1, -0.05) is 27.7 Å². The van der Waals surface area contributed by atoms with Crippen molar-refractivity contribution in [2.75, 3.05) is 5.73 Å². The van der Waals surface area contributed by atoms with Gasteiger partial charge in [0.25, 0.3) is 0 Å². The monoisotopic (exact) mass is 279 g/mol. The van der Waals surface area contributed by atoms with Crippen molar-refractivity contribution in [1.82, 2.24) is 0 Å². The van der Waals surface area contributed by atoms with Crippen molar-refractivity contribution in [3.8, 4) is 0 Å². The van der Waals surface area contributed by atoms with E-state index in [-0.39, 0.29) is 11.6 Å². The molecule has 0 unspecified atom stereocenters. The molecule has 3 nitrogen and oxygen atoms in total. The van der Waals surface area contributed by atoms with Crippen LogP contribution < -0.4 is 5.73 Å². The van der Waals surface area contributed by atoms with E-state index in [0.29, 0.717) is 16.8 Å². The van der Waals surface area contributed by atoms with E-state index in [2.05, 4.69) is 0 Å². The third-order valence-electron chi connectivity index (χ3n) is 3.01. The number of hydrogen-bond donors (Lipinski definition) is 1. The molecule has 0 aliphatic carbocycles. The topological polar surface area (TPSA) is 60.2 Å². The highest BCUT2D eigenvalue weighted by atomic mass is 16.1. The molecule has 1 rings (SSSR count). The van der Waals surface area contributed by atoms with E-state index in [1.807, 2.05) is 41.5 Å². The number of Topliss-reactive ketones (excluding diaryl/α,β-unsaturated/α-hetero) is 2. The zero-order chi connectivity index (χ0) is 16.6. The highest BCUT2D eigenvalue weighted by Gasteiger charge is 2.19. The fraction of sp³-hybridized carbons (Fsp3) is 0.529. The molecule has 1 aromatic carbocycles. The summed E-state index contributed by atoms with van der Waals surface area (Å²) in [5.74, 6) is -0.103. The van der Waals surface area contributed by atoms with Gasteiger partial charge in [-0.3, -0.25) is 9.59 Å². The summed E-state index contributed by atoms with van der Waals surface area (Å²) in [5, 5.41) is 0. The summed E-state index contributed by atoms with van der Waals surface area (Å²) in [6.07, 6.45) is 0. The van der Waals surface area contributed by atoms with Crippen molar-refractivity contribution in [2.24, 2.45) is 0 Å². The Bertz CT molecular complexity index is 447. The molecule has 3 heteroatoms. The predicted octanol–water partition coefficient (Wildman–Crippen LogP) is 4.65. The maximum atomic E-state index is 11.6. The molecule has 0 amide bonds. The van der Waals surface area contributed by atoms with Crippen LogP contribution in [0, 0.1) is 20.8 Å². The van der Waals surface area contributed by atoms with Crippen LogP contribution in [0.25, 0.3) is 0 Å². The van der Waals surface area contributed by atoms with Crippen LogP contribution >= 0.6 is 0 Å². The Hall–Kier alpha value is -1.64. The van der Waals surface area contributed by atoms with E-state index in [4.69, 9.17) is 5.73 Å². The Balaban J connectivity index is 0. The summed E-state index contributed by atoms with van der Waals surface area (Å²) in [7, 11) is 0. The second-order valence-corrected chi connectivity index (χ2v) is 4.15. The quantitative estimate of drug-likeness (QED) is 0.633. The molecule has 0 heterocycles. The first-order chi connectivity index (χ1) is 9.29. The van der Waals surface area contributed by atoms with E-state index < -0.39 is 0 Å². The summed E-state index contributed by atoms with van der Waals surface area (Å²) in [6, 6.07) is 0. The van der Waals surface area contributed by atoms with Crippen LogP contribution in [0.15, 0.2) is 0 Å². The van der Waals surface area contributed by atoms with Gasteiger partial charge in [-0.05, 0) is 51.3 Å². The largest absolute Gasteiger partial charge is 0.398 e. The summed E-state index contributed by atoms with van der Waals surface area (Å²) >= 11 is 0. The minimum absolute atomic E-state index is 0.0517. The van der Waals surface area contributed by atoms with E-state index >= 15 is 0 Å². The number of ketones is 2. The van der Waals surface area contributed by atoms with Crippen LogP contribution in [0.1, 0.15) is 78.9 Å². The van der Waals surface area contributed by atoms with Crippen LogP contribution in [-0.2, 0) is 0 Å². The van der Waals surface area contributed by atoms with E-state index in [9.17, 15) is 9.59 Å². The van der Waals surface area contributed by atoms with Crippen molar-refractivity contribution >= 4 is 17.3 Å². The maximum Gasteiger partial charge on any atom is 0.160 e. The molecule has 0 saturated carbocycles. The van der Waals surface area contributed by atoms with Crippen molar-refractivity contribution < 1.29 is 9.59 Å². The lowest BCUT2D eigenvalue weighted by Gasteiger charge is -2.17. The normalized spacial score (nSPS) is 8.85. The predicted molar refractivity (Wildman–Crippen MR) is 87.8 cm³/mol. The first-order valence-corrected chi connectivity index (χ1v) is 7.20. The Morgan fingerprint density at radius 2 is 0.950 bits per heavy atom. The Morgan fingerprint density at radius 3 is 1.15 bits per heavy atom. The SMILES string of the molecule is CC.CC.CC(=O)c1c(C)c(N)c(C)c(C(C)=O)c1C. The number of benzene rings is 1. The second-order valence-electron chi connectivity index (χ2n) is 4.15. The molecule has 2 N–H and O–H groups in total. The molecular weight excluding hydrogens is 250 g/mol. The van der Waals surface area contributed by atoms with Gasteiger partial charge in [0.2, 0.25) is 0 Å². The van der Waals surface area contributed by atoms with Crippen molar-refractivity contribution in [2.45, 2.75) is 62.3 Å². The summed E-state index contributed by atoms with van der Waals surface area (Å²) in [5.41, 5.74) is 9.90. The Kier molecular flexibility index (Phi) is 9.61. The van der Waals surface area contributed by atoms with Gasteiger partial charge < -0.3 is 5.73 Å². The smallest absolute Gasteiger partial charge is 0.160 e. The highest BCUT2D eigenvalue weighted by molar-refractivity contribution is 6.05. The number of carbonyl (C=O) groups excluding carboxylic acids is 2. The molecule has 0 aliphatic rings. The highest BCUT2D eigenvalue weighted by Crippen LogP contribution is 2.29. The standard InChI is InChI=1S/C13H17NO2.2C2H6/c1-6-11(9(4)15)7(2)13(14)8(3)12(6)10(5)16;2*1-2/h14H2,1-5H3;2*1-2H3. The molecule has 0 saturated heterocycles. The number of nitrogens with two attached hydrogens (primary N) is 1. The molecule has 20 heavy (non-hydrogen) atoms. The number of anilines is 1. The zero-order valence-corrected chi connectivity index (χ0v) is 14.4. The first-order valence-electron chi connectivity index (χ1n) is 7.20. The number of rotatable bonds is 2. The zero-order valence-electron chi connectivity index (χ0n) is 14.4. The van der Waals surface area contributed by atoms with E-state index in [1.165, 1.54) is 13.8 Å². The van der Waals surface area contributed by atoms with Crippen molar-refractivity contribution in [3.63, 3.8) is 0 Å². The van der Waals surface area contributed by atoms with E-state index in [0.717, 1.165) is 16.7 Å². The van der Waals surface area contributed by atoms with Gasteiger partial charge in [0.05, 0.1) is 0 Å². The van der Waals surface area contributed by atoms with Gasteiger partial charge in [-0.25, -0.2) is 0 Å². The summed E-state index contributed by atoms with van der Waals surface area (Å²) < 4.78 is 0. The molecule has 1 aromatic rings. The molecule has 0 aliphatic heterocycles. The van der Waals surface area contributed by atoms with Gasteiger partial charge in [-0.15, -0.1) is 0 Å². The molecule has 0 aromatic heterocycles. The fourth-order valence-corrected chi connectivity index (χ4v) is 2.29. The number of carbonyl (C=O) groups is 2. The molecule has 0 bridgehead atoms. The molecule has 0 atom stereocenters. The van der Waals surface area contributed by atoms with Gasteiger partial charge in [0.1, 0.15) is 0 Å². The Morgan fingerprint density at radius 1 is 0.700 bits per heavy atom. The van der Waals surface area contributed by atoms with E-state index in [1.54, 1.807) is 6.92 Å². The average molecular weight is 279 g/mol. The van der Waals surface area contributed by atoms with Gasteiger partial charge >= 0.3 is 0 Å². The van der Waals surface area contributed by atoms with Crippen LogP contribution in [-0.4, -0.2) is 11.6 Å². The average Bonchev–Trinajstić information content (AvgIpc) is 2.40. The summed E-state index contributed by atoms with van der Waals surface area (Å²) in [6.45, 7) is 16.4. The van der Waals surface area contributed by atoms with Gasteiger partial charge in [-0.2, -0.15) is 0 Å². The van der Waals surface area contributed by atoms with Crippen LogP contribution in [0.5, 0.6) is 0 Å². The molecule has 0 radical (unpaired) electrons. The fourth-order valence-electron chi connectivity index (χ4n) is 2.29. The van der Waals surface area contributed by atoms with Gasteiger partial charge in [0.15, 0.2) is 11.6 Å². The number of hydrogen-bond acceptors (Lipinski definition) is 3. The van der Waals surface area contributed by atoms with Gasteiger partial charge in [0, 0.05) is 16.8 Å². The first kappa shape index (κ1) is 20.7. The second kappa shape index (κ2) is 9.29. The molecular formula is C17H29NO2. The lowest BCUT2D eigenvalue weighted by molar-refractivity contribution is 0.101. The van der Waals surface area contributed by atoms with Crippen molar-refractivity contribution in [1.29, 1.82) is 0 Å². The summed E-state index contributed by atoms with van der Waals surface area (Å²) in [4.78, 5) is 23.1. The van der Waals surface area contributed by atoms with Crippen molar-refractivity contribution in [3.05, 3.63) is 27.8 Å². The molecule has 114 valence electrons. The Labute approximate surface area is 123 Å².